The van der Waals surface area contributed by atoms with Crippen LogP contribution in [0.4, 0.5) is 0 Å². The zero-order valence-corrected chi connectivity index (χ0v) is 18.9. The van der Waals surface area contributed by atoms with Crippen LogP contribution in [0.2, 0.25) is 0 Å². The van der Waals surface area contributed by atoms with E-state index in [0.717, 1.165) is 42.8 Å². The SMILES string of the molecule is CCNC(=NCCc1nc(C(C)C)no1)NCCc1ccc2c(c1)OCO2.I. The maximum Gasteiger partial charge on any atom is 0.231 e. The van der Waals surface area contributed by atoms with Crippen LogP contribution in [-0.4, -0.2) is 42.5 Å². The van der Waals surface area contributed by atoms with Crippen molar-refractivity contribution in [2.75, 3.05) is 26.4 Å². The molecule has 0 fully saturated rings. The van der Waals surface area contributed by atoms with Crippen LogP contribution in [0.1, 0.15) is 44.0 Å². The first-order valence-corrected chi connectivity index (χ1v) is 9.39. The van der Waals surface area contributed by atoms with Gasteiger partial charge in [-0.1, -0.05) is 25.1 Å². The summed E-state index contributed by atoms with van der Waals surface area (Å²) in [6.45, 7) is 8.58. The van der Waals surface area contributed by atoms with Gasteiger partial charge in [0.2, 0.25) is 12.7 Å². The summed E-state index contributed by atoms with van der Waals surface area (Å²) in [6, 6.07) is 6.03. The van der Waals surface area contributed by atoms with Gasteiger partial charge in [0.25, 0.3) is 0 Å². The van der Waals surface area contributed by atoms with E-state index in [1.54, 1.807) is 0 Å². The average molecular weight is 501 g/mol. The van der Waals surface area contributed by atoms with E-state index in [9.17, 15) is 0 Å². The third-order valence-corrected chi connectivity index (χ3v) is 4.08. The largest absolute Gasteiger partial charge is 0.454 e. The van der Waals surface area contributed by atoms with Crippen LogP contribution < -0.4 is 20.1 Å². The minimum absolute atomic E-state index is 0. The Morgan fingerprint density at radius 2 is 2.00 bits per heavy atom. The molecule has 2 N–H and O–H groups in total. The van der Waals surface area contributed by atoms with Gasteiger partial charge in [-0.15, -0.1) is 24.0 Å². The van der Waals surface area contributed by atoms with Gasteiger partial charge in [-0.2, -0.15) is 4.98 Å². The Kier molecular flexibility index (Phi) is 8.81. The second kappa shape index (κ2) is 11.1. The first-order chi connectivity index (χ1) is 13.2. The summed E-state index contributed by atoms with van der Waals surface area (Å²) in [6.07, 6.45) is 1.49. The number of ether oxygens (including phenoxy) is 2. The number of halogens is 1. The zero-order chi connectivity index (χ0) is 19.1. The van der Waals surface area contributed by atoms with Gasteiger partial charge in [-0.25, -0.2) is 0 Å². The number of fused-ring (bicyclic) bond motifs is 1. The monoisotopic (exact) mass is 501 g/mol. The van der Waals surface area contributed by atoms with Crippen LogP contribution >= 0.6 is 24.0 Å². The molecule has 3 rings (SSSR count). The lowest BCUT2D eigenvalue weighted by Crippen LogP contribution is -2.38. The molecule has 9 heteroatoms. The van der Waals surface area contributed by atoms with Crippen LogP contribution in [0.25, 0.3) is 0 Å². The van der Waals surface area contributed by atoms with Crippen LogP contribution in [-0.2, 0) is 12.8 Å². The van der Waals surface area contributed by atoms with E-state index >= 15 is 0 Å². The molecule has 28 heavy (non-hydrogen) atoms. The molecule has 0 bridgehead atoms. The molecule has 154 valence electrons. The van der Waals surface area contributed by atoms with Crippen molar-refractivity contribution in [1.82, 2.24) is 20.8 Å². The van der Waals surface area contributed by atoms with E-state index in [1.165, 1.54) is 5.56 Å². The molecule has 2 heterocycles. The molecule has 0 unspecified atom stereocenters. The van der Waals surface area contributed by atoms with Gasteiger partial charge in [0.1, 0.15) is 0 Å². The number of aliphatic imine (C=N–C) groups is 1. The number of nitrogens with zero attached hydrogens (tertiary/aromatic N) is 3. The summed E-state index contributed by atoms with van der Waals surface area (Å²) < 4.78 is 16.0. The number of hydrogen-bond donors (Lipinski definition) is 2. The van der Waals surface area contributed by atoms with Crippen molar-refractivity contribution in [3.8, 4) is 11.5 Å². The molecule has 0 spiro atoms. The van der Waals surface area contributed by atoms with Crippen molar-refractivity contribution < 1.29 is 14.0 Å². The molecule has 0 saturated carbocycles. The van der Waals surface area contributed by atoms with Gasteiger partial charge in [0.05, 0.1) is 6.54 Å². The minimum Gasteiger partial charge on any atom is -0.454 e. The summed E-state index contributed by atoms with van der Waals surface area (Å²) in [5, 5.41) is 10.6. The third kappa shape index (κ3) is 6.25. The maximum atomic E-state index is 5.42. The van der Waals surface area contributed by atoms with Crippen molar-refractivity contribution in [1.29, 1.82) is 0 Å². The highest BCUT2D eigenvalue weighted by Gasteiger charge is 2.13. The molecule has 2 aromatic rings. The smallest absolute Gasteiger partial charge is 0.231 e. The molecule has 8 nitrogen and oxygen atoms in total. The second-order valence-corrected chi connectivity index (χ2v) is 6.58. The van der Waals surface area contributed by atoms with Gasteiger partial charge in [-0.3, -0.25) is 4.99 Å². The number of nitrogens with one attached hydrogen (secondary N) is 2. The standard InChI is InChI=1S/C19H27N5O3.HI/c1-4-20-19(22-10-8-17-23-18(13(2)3)24-27-17)21-9-7-14-5-6-15-16(11-14)26-12-25-15;/h5-6,11,13H,4,7-10,12H2,1-3H3,(H2,20,21,22);1H. The fourth-order valence-corrected chi connectivity index (χ4v) is 2.63. The predicted octanol–water partition coefficient (Wildman–Crippen LogP) is 2.88. The molecule has 1 aliphatic rings. The fraction of sp³-hybridized carbons (Fsp3) is 0.526. The lowest BCUT2D eigenvalue weighted by molar-refractivity contribution is 0.174. The van der Waals surface area contributed by atoms with E-state index in [-0.39, 0.29) is 29.9 Å². The first kappa shape index (κ1) is 22.3. The first-order valence-electron chi connectivity index (χ1n) is 9.39. The van der Waals surface area contributed by atoms with E-state index in [1.807, 2.05) is 32.9 Å². The number of guanidine groups is 1. The summed E-state index contributed by atoms with van der Waals surface area (Å²) in [5.41, 5.74) is 1.19. The van der Waals surface area contributed by atoms with Crippen LogP contribution in [0.3, 0.4) is 0 Å². The predicted molar refractivity (Wildman–Crippen MR) is 118 cm³/mol. The van der Waals surface area contributed by atoms with E-state index < -0.39 is 0 Å². The molecule has 0 atom stereocenters. The Hall–Kier alpha value is -2.04. The van der Waals surface area contributed by atoms with Gasteiger partial charge in [0, 0.05) is 25.4 Å². The molecule has 0 amide bonds. The van der Waals surface area contributed by atoms with Crippen LogP contribution in [0.5, 0.6) is 11.5 Å². The number of aromatic nitrogens is 2. The molecule has 0 radical (unpaired) electrons. The van der Waals surface area contributed by atoms with Crippen LogP contribution in [0, 0.1) is 0 Å². The lowest BCUT2D eigenvalue weighted by atomic mass is 10.1. The van der Waals surface area contributed by atoms with Crippen molar-refractivity contribution in [2.45, 2.75) is 39.5 Å². The summed E-state index contributed by atoms with van der Waals surface area (Å²) in [7, 11) is 0. The number of rotatable bonds is 8. The molecule has 1 aliphatic heterocycles. The Balaban J connectivity index is 0.00000280. The summed E-state index contributed by atoms with van der Waals surface area (Å²) >= 11 is 0. The summed E-state index contributed by atoms with van der Waals surface area (Å²) in [5.74, 6) is 4.03. The number of hydrogen-bond acceptors (Lipinski definition) is 6. The Labute approximate surface area is 182 Å². The molecular weight excluding hydrogens is 473 g/mol. The third-order valence-electron chi connectivity index (χ3n) is 4.08. The van der Waals surface area contributed by atoms with E-state index in [0.29, 0.717) is 25.6 Å². The van der Waals surface area contributed by atoms with Crippen molar-refractivity contribution in [3.05, 3.63) is 35.5 Å². The number of benzene rings is 1. The highest BCUT2D eigenvalue weighted by atomic mass is 127. The summed E-state index contributed by atoms with van der Waals surface area (Å²) in [4.78, 5) is 8.95. The topological polar surface area (TPSA) is 93.8 Å². The van der Waals surface area contributed by atoms with E-state index in [4.69, 9.17) is 14.0 Å². The Morgan fingerprint density at radius 1 is 1.18 bits per heavy atom. The molecule has 0 aliphatic carbocycles. The molecule has 1 aromatic carbocycles. The van der Waals surface area contributed by atoms with E-state index in [2.05, 4.69) is 31.8 Å². The van der Waals surface area contributed by atoms with Crippen molar-refractivity contribution in [2.24, 2.45) is 4.99 Å². The van der Waals surface area contributed by atoms with Gasteiger partial charge >= 0.3 is 0 Å². The van der Waals surface area contributed by atoms with Crippen LogP contribution in [0.15, 0.2) is 27.7 Å². The highest BCUT2D eigenvalue weighted by molar-refractivity contribution is 14.0. The van der Waals surface area contributed by atoms with Crippen molar-refractivity contribution in [3.63, 3.8) is 0 Å². The van der Waals surface area contributed by atoms with Gasteiger partial charge < -0.3 is 24.6 Å². The Bertz CT molecular complexity index is 779. The Morgan fingerprint density at radius 3 is 2.75 bits per heavy atom. The van der Waals surface area contributed by atoms with Gasteiger partial charge in [-0.05, 0) is 31.0 Å². The quantitative estimate of drug-likeness (QED) is 0.327. The average Bonchev–Trinajstić information content (AvgIpc) is 3.30. The lowest BCUT2D eigenvalue weighted by Gasteiger charge is -2.11. The maximum absolute atomic E-state index is 5.42. The highest BCUT2D eigenvalue weighted by Crippen LogP contribution is 2.32. The molecule has 1 aromatic heterocycles. The molecular formula is C19H28IN5O3. The fourth-order valence-electron chi connectivity index (χ4n) is 2.63. The minimum atomic E-state index is 0. The zero-order valence-electron chi connectivity index (χ0n) is 16.5. The molecule has 0 saturated heterocycles. The van der Waals surface area contributed by atoms with Gasteiger partial charge in [0.15, 0.2) is 23.3 Å². The second-order valence-electron chi connectivity index (χ2n) is 6.58. The van der Waals surface area contributed by atoms with Crippen molar-refractivity contribution >= 4 is 29.9 Å². The normalized spacial score (nSPS) is 12.8.